The molecular formula is C11H23NS. The first-order valence-corrected chi connectivity index (χ1v) is 6.83. The molecule has 1 aliphatic rings. The number of hydrogen-bond donors (Lipinski definition) is 1. The quantitative estimate of drug-likeness (QED) is 0.599. The van der Waals surface area contributed by atoms with E-state index in [2.05, 4.69) is 4.72 Å². The molecule has 0 aromatic heterocycles. The van der Waals surface area contributed by atoms with E-state index < -0.39 is 0 Å². The van der Waals surface area contributed by atoms with Crippen LogP contribution in [0.2, 0.25) is 0 Å². The van der Waals surface area contributed by atoms with E-state index >= 15 is 0 Å². The number of rotatable bonds is 0. The van der Waals surface area contributed by atoms with Gasteiger partial charge in [-0.2, -0.15) is 0 Å². The zero-order chi connectivity index (χ0) is 9.19. The molecule has 0 bridgehead atoms. The summed E-state index contributed by atoms with van der Waals surface area (Å²) in [4.78, 5) is 0. The molecule has 2 heteroatoms. The van der Waals surface area contributed by atoms with Crippen molar-refractivity contribution in [3.05, 3.63) is 0 Å². The van der Waals surface area contributed by atoms with Gasteiger partial charge in [0, 0.05) is 12.3 Å². The lowest BCUT2D eigenvalue weighted by Gasteiger charge is -2.02. The molecule has 1 rings (SSSR count). The molecule has 0 amide bonds. The van der Waals surface area contributed by atoms with Gasteiger partial charge >= 0.3 is 0 Å². The zero-order valence-electron chi connectivity index (χ0n) is 8.69. The van der Waals surface area contributed by atoms with Gasteiger partial charge in [-0.15, -0.1) is 0 Å². The predicted molar refractivity (Wildman–Crippen MR) is 62.0 cm³/mol. The summed E-state index contributed by atoms with van der Waals surface area (Å²) in [5.41, 5.74) is 0. The molecule has 1 aliphatic heterocycles. The number of hydrogen-bond acceptors (Lipinski definition) is 2. The zero-order valence-corrected chi connectivity index (χ0v) is 9.50. The van der Waals surface area contributed by atoms with Crippen LogP contribution in [0.15, 0.2) is 0 Å². The fraction of sp³-hybridized carbons (Fsp3) is 1.00. The smallest absolute Gasteiger partial charge is 0.00786 e. The van der Waals surface area contributed by atoms with Gasteiger partial charge in [0.2, 0.25) is 0 Å². The molecule has 0 unspecified atom stereocenters. The fourth-order valence-electron chi connectivity index (χ4n) is 1.75. The van der Waals surface area contributed by atoms with Crippen LogP contribution in [0.1, 0.15) is 57.8 Å². The van der Waals surface area contributed by atoms with Gasteiger partial charge < -0.3 is 0 Å². The van der Waals surface area contributed by atoms with E-state index in [0.717, 1.165) is 0 Å². The van der Waals surface area contributed by atoms with Gasteiger partial charge in [-0.05, 0) is 12.8 Å². The van der Waals surface area contributed by atoms with Crippen molar-refractivity contribution in [2.45, 2.75) is 57.8 Å². The molecule has 1 N–H and O–H groups in total. The Hall–Kier alpha value is 0.310. The molecule has 0 aliphatic carbocycles. The van der Waals surface area contributed by atoms with Crippen LogP contribution in [0.25, 0.3) is 0 Å². The molecule has 0 aromatic rings. The summed E-state index contributed by atoms with van der Waals surface area (Å²) in [5, 5.41) is 0. The van der Waals surface area contributed by atoms with Crippen molar-refractivity contribution in [1.29, 1.82) is 0 Å². The van der Waals surface area contributed by atoms with Crippen LogP contribution < -0.4 is 4.72 Å². The van der Waals surface area contributed by atoms with Crippen molar-refractivity contribution in [3.8, 4) is 0 Å². The summed E-state index contributed by atoms with van der Waals surface area (Å²) in [6, 6.07) is 0. The third kappa shape index (κ3) is 7.39. The van der Waals surface area contributed by atoms with Crippen LogP contribution in [-0.2, 0) is 0 Å². The van der Waals surface area contributed by atoms with Crippen LogP contribution in [0.3, 0.4) is 0 Å². The van der Waals surface area contributed by atoms with Crippen LogP contribution in [0, 0.1) is 0 Å². The second kappa shape index (κ2) is 8.89. The molecule has 0 radical (unpaired) electrons. The van der Waals surface area contributed by atoms with Gasteiger partial charge in [0.1, 0.15) is 0 Å². The van der Waals surface area contributed by atoms with Gasteiger partial charge in [-0.25, -0.2) is 0 Å². The minimum absolute atomic E-state index is 1.21. The molecule has 1 saturated heterocycles. The van der Waals surface area contributed by atoms with Crippen LogP contribution in [0.5, 0.6) is 0 Å². The Kier molecular flexibility index (Phi) is 7.78. The highest BCUT2D eigenvalue weighted by atomic mass is 32.2. The molecule has 13 heavy (non-hydrogen) atoms. The summed E-state index contributed by atoms with van der Waals surface area (Å²) in [6.45, 7) is 1.21. The van der Waals surface area contributed by atoms with Crippen molar-refractivity contribution in [3.63, 3.8) is 0 Å². The van der Waals surface area contributed by atoms with Crippen LogP contribution in [-0.4, -0.2) is 12.3 Å². The van der Waals surface area contributed by atoms with Gasteiger partial charge in [-0.3, -0.25) is 4.72 Å². The first-order chi connectivity index (χ1) is 6.50. The summed E-state index contributed by atoms with van der Waals surface area (Å²) >= 11 is 1.92. The molecule has 0 saturated carbocycles. The van der Waals surface area contributed by atoms with Crippen molar-refractivity contribution < 1.29 is 0 Å². The third-order valence-corrected chi connectivity index (χ3v) is 3.53. The molecule has 1 fully saturated rings. The summed E-state index contributed by atoms with van der Waals surface area (Å²) < 4.78 is 3.44. The Morgan fingerprint density at radius 3 is 1.85 bits per heavy atom. The standard InChI is InChI=1S/C11H23NS/c1-2-4-6-8-10-12-13-11-9-7-5-3-1/h12H,1-11H2. The average molecular weight is 201 g/mol. The van der Waals surface area contributed by atoms with E-state index in [1.165, 1.54) is 70.1 Å². The Morgan fingerprint density at radius 1 is 0.615 bits per heavy atom. The van der Waals surface area contributed by atoms with Crippen molar-refractivity contribution in [2.75, 3.05) is 12.3 Å². The Labute approximate surface area is 87.2 Å². The van der Waals surface area contributed by atoms with E-state index in [0.29, 0.717) is 0 Å². The highest BCUT2D eigenvalue weighted by molar-refractivity contribution is 7.97. The van der Waals surface area contributed by atoms with Crippen molar-refractivity contribution in [1.82, 2.24) is 4.72 Å². The maximum absolute atomic E-state index is 3.44. The highest BCUT2D eigenvalue weighted by Gasteiger charge is 1.95. The van der Waals surface area contributed by atoms with Crippen LogP contribution >= 0.6 is 11.9 Å². The highest BCUT2D eigenvalue weighted by Crippen LogP contribution is 2.12. The lowest BCUT2D eigenvalue weighted by atomic mass is 10.1. The Balaban J connectivity index is 2.01. The lowest BCUT2D eigenvalue weighted by molar-refractivity contribution is 0.568. The van der Waals surface area contributed by atoms with Crippen molar-refractivity contribution in [2.24, 2.45) is 0 Å². The van der Waals surface area contributed by atoms with E-state index in [1.54, 1.807) is 0 Å². The molecule has 1 nitrogen and oxygen atoms in total. The third-order valence-electron chi connectivity index (χ3n) is 2.63. The maximum atomic E-state index is 3.44. The Morgan fingerprint density at radius 2 is 1.15 bits per heavy atom. The summed E-state index contributed by atoms with van der Waals surface area (Å²) in [5.74, 6) is 1.31. The summed E-state index contributed by atoms with van der Waals surface area (Å²) in [6.07, 6.45) is 13.0. The van der Waals surface area contributed by atoms with Crippen LogP contribution in [0.4, 0.5) is 0 Å². The maximum Gasteiger partial charge on any atom is 0.00786 e. The van der Waals surface area contributed by atoms with Gasteiger partial charge in [0.05, 0.1) is 0 Å². The number of nitrogens with one attached hydrogen (secondary N) is 1. The lowest BCUT2D eigenvalue weighted by Crippen LogP contribution is -2.06. The second-order valence-electron chi connectivity index (χ2n) is 3.92. The topological polar surface area (TPSA) is 12.0 Å². The van der Waals surface area contributed by atoms with Crippen molar-refractivity contribution >= 4 is 11.9 Å². The minimum atomic E-state index is 1.21. The minimum Gasteiger partial charge on any atom is -0.264 e. The molecular weight excluding hydrogens is 178 g/mol. The van der Waals surface area contributed by atoms with E-state index in [9.17, 15) is 0 Å². The largest absolute Gasteiger partial charge is 0.264 e. The SMILES string of the molecule is C1CCCCCNSCCCCC1. The monoisotopic (exact) mass is 201 g/mol. The molecule has 78 valence electrons. The van der Waals surface area contributed by atoms with Gasteiger partial charge in [0.15, 0.2) is 0 Å². The normalized spacial score (nSPS) is 24.0. The first kappa shape index (κ1) is 11.4. The van der Waals surface area contributed by atoms with Gasteiger partial charge in [0.25, 0.3) is 0 Å². The first-order valence-electron chi connectivity index (χ1n) is 5.85. The predicted octanol–water partition coefficient (Wildman–Crippen LogP) is 3.75. The molecule has 0 atom stereocenters. The second-order valence-corrected chi connectivity index (χ2v) is 4.91. The van der Waals surface area contributed by atoms with Gasteiger partial charge in [-0.1, -0.05) is 56.9 Å². The van der Waals surface area contributed by atoms with E-state index in [-0.39, 0.29) is 0 Å². The molecule has 0 spiro atoms. The fourth-order valence-corrected chi connectivity index (χ4v) is 2.53. The van der Waals surface area contributed by atoms with E-state index in [1.807, 2.05) is 11.9 Å². The average Bonchev–Trinajstić information content (AvgIpc) is 2.18. The van der Waals surface area contributed by atoms with E-state index in [4.69, 9.17) is 0 Å². The Bertz CT molecular complexity index is 58.2. The molecule has 1 heterocycles. The summed E-state index contributed by atoms with van der Waals surface area (Å²) in [7, 11) is 0. The molecule has 0 aromatic carbocycles.